The molecule has 0 unspecified atom stereocenters. The third kappa shape index (κ3) is 4.81. The summed E-state index contributed by atoms with van der Waals surface area (Å²) in [5.41, 5.74) is 0. The van der Waals surface area contributed by atoms with Crippen molar-refractivity contribution in [3.05, 3.63) is 94.7 Å². The van der Waals surface area contributed by atoms with Crippen LogP contribution in [0.15, 0.2) is 84.9 Å². The average Bonchev–Trinajstić information content (AvgIpc) is 3.78. The molecule has 8 aromatic rings. The van der Waals surface area contributed by atoms with Crippen molar-refractivity contribution in [3.8, 4) is 19.5 Å². The van der Waals surface area contributed by atoms with Crippen molar-refractivity contribution in [1.29, 1.82) is 0 Å². The minimum absolute atomic E-state index is 1.34. The second-order valence-electron chi connectivity index (χ2n) is 10.8. The monoisotopic (exact) mass is 604 g/mol. The molecular formula is C37H32S4. The van der Waals surface area contributed by atoms with Crippen molar-refractivity contribution >= 4 is 97.8 Å². The van der Waals surface area contributed by atoms with E-state index in [2.05, 4.69) is 113 Å². The van der Waals surface area contributed by atoms with Crippen molar-refractivity contribution in [2.45, 2.75) is 47.0 Å². The van der Waals surface area contributed by atoms with E-state index >= 15 is 0 Å². The summed E-state index contributed by atoms with van der Waals surface area (Å²) < 4.78 is 2.72. The molecule has 0 atom stereocenters. The smallest absolute Gasteiger partial charge is 0.0455 e. The predicted molar refractivity (Wildman–Crippen MR) is 191 cm³/mol. The molecule has 204 valence electrons. The van der Waals surface area contributed by atoms with Crippen LogP contribution in [-0.2, 0) is 0 Å². The van der Waals surface area contributed by atoms with Gasteiger partial charge in [0.15, 0.2) is 0 Å². The van der Waals surface area contributed by atoms with E-state index in [9.17, 15) is 0 Å². The number of rotatable bonds is 4. The molecule has 8 rings (SSSR count). The topological polar surface area (TPSA) is 0 Å². The summed E-state index contributed by atoms with van der Waals surface area (Å²) in [5, 5.41) is 10.8. The van der Waals surface area contributed by atoms with Gasteiger partial charge in [-0.05, 0) is 94.7 Å². The van der Waals surface area contributed by atoms with Crippen LogP contribution in [-0.4, -0.2) is 0 Å². The van der Waals surface area contributed by atoms with Gasteiger partial charge in [-0.15, -0.1) is 45.3 Å². The van der Waals surface area contributed by atoms with Crippen molar-refractivity contribution in [1.82, 2.24) is 0 Å². The Morgan fingerprint density at radius 2 is 0.756 bits per heavy atom. The fourth-order valence-corrected chi connectivity index (χ4v) is 9.86. The maximum Gasteiger partial charge on any atom is 0.0455 e. The molecule has 0 nitrogen and oxygen atoms in total. The number of unbranched alkanes of at least 4 members (excludes halogenated alkanes) is 2. The molecule has 0 radical (unpaired) electrons. The van der Waals surface area contributed by atoms with Gasteiger partial charge in [0.1, 0.15) is 0 Å². The van der Waals surface area contributed by atoms with Crippen LogP contribution in [0.5, 0.6) is 0 Å². The lowest BCUT2D eigenvalue weighted by atomic mass is 9.95. The lowest BCUT2D eigenvalue weighted by Gasteiger charge is -2.09. The Hall–Kier alpha value is -3.02. The van der Waals surface area contributed by atoms with Crippen LogP contribution in [0.4, 0.5) is 0 Å². The van der Waals surface area contributed by atoms with E-state index in [4.69, 9.17) is 0 Å². The first-order valence-corrected chi connectivity index (χ1v) is 17.7. The number of hydrogen-bond acceptors (Lipinski definition) is 4. The summed E-state index contributed by atoms with van der Waals surface area (Å²) in [6.07, 6.45) is 4.08. The normalized spacial score (nSPS) is 11.7. The number of thiophene rings is 4. The molecule has 0 aliphatic heterocycles. The Morgan fingerprint density at radius 1 is 0.390 bits per heavy atom. The second-order valence-corrected chi connectivity index (χ2v) is 15.5. The van der Waals surface area contributed by atoms with Gasteiger partial charge < -0.3 is 0 Å². The molecule has 41 heavy (non-hydrogen) atoms. The summed E-state index contributed by atoms with van der Waals surface area (Å²) in [4.78, 5) is 8.19. The van der Waals surface area contributed by atoms with Gasteiger partial charge in [-0.1, -0.05) is 69.5 Å². The van der Waals surface area contributed by atoms with E-state index in [1.807, 2.05) is 45.3 Å². The maximum absolute atomic E-state index is 2.39. The van der Waals surface area contributed by atoms with Gasteiger partial charge in [-0.25, -0.2) is 0 Å². The minimum Gasteiger partial charge on any atom is -0.140 e. The molecule has 0 spiro atoms. The van der Waals surface area contributed by atoms with Crippen molar-refractivity contribution < 1.29 is 0 Å². The van der Waals surface area contributed by atoms with Gasteiger partial charge in [-0.3, -0.25) is 0 Å². The zero-order chi connectivity index (χ0) is 28.1. The lowest BCUT2D eigenvalue weighted by Crippen LogP contribution is -1.81. The zero-order valence-corrected chi connectivity index (χ0v) is 27.1. The van der Waals surface area contributed by atoms with E-state index in [1.54, 1.807) is 0 Å². The van der Waals surface area contributed by atoms with Gasteiger partial charge in [0.25, 0.3) is 0 Å². The quantitative estimate of drug-likeness (QED) is 0.175. The van der Waals surface area contributed by atoms with Crippen LogP contribution < -0.4 is 0 Å². The van der Waals surface area contributed by atoms with Gasteiger partial charge in [0.05, 0.1) is 0 Å². The van der Waals surface area contributed by atoms with E-state index in [0.717, 1.165) is 0 Å². The Labute approximate surface area is 257 Å². The zero-order valence-electron chi connectivity index (χ0n) is 23.8. The molecule has 4 heteroatoms. The Morgan fingerprint density at radius 3 is 1.07 bits per heavy atom. The van der Waals surface area contributed by atoms with E-state index in [0.29, 0.717) is 0 Å². The molecule has 4 aromatic carbocycles. The predicted octanol–water partition coefficient (Wildman–Crippen LogP) is 13.8. The summed E-state index contributed by atoms with van der Waals surface area (Å²) in [7, 11) is 0. The van der Waals surface area contributed by atoms with Crippen LogP contribution in [0.1, 0.15) is 42.9 Å². The van der Waals surface area contributed by atoms with Gasteiger partial charge >= 0.3 is 0 Å². The lowest BCUT2D eigenvalue weighted by molar-refractivity contribution is 0.772. The standard InChI is InChI=1S/C32H20S4.C5H12/c1-17-3-11-29(33-17)31-15-25-23-7-5-20-19(21(23)9-13-27(25)35-31)6-8-24-22(20)10-14-28-26(24)16-32(36-28)30-12-4-18(2)34-30;1-3-5-4-2/h3-16H,1-2H3;3-5H2,1-2H3. The maximum atomic E-state index is 2.39. The molecule has 0 amide bonds. The molecule has 0 N–H and O–H groups in total. The Bertz CT molecular complexity index is 2020. The largest absolute Gasteiger partial charge is 0.140 e. The number of fused-ring (bicyclic) bond motifs is 9. The van der Waals surface area contributed by atoms with Crippen LogP contribution in [0.25, 0.3) is 72.0 Å². The highest BCUT2D eigenvalue weighted by atomic mass is 32.1. The van der Waals surface area contributed by atoms with Crippen molar-refractivity contribution in [2.75, 3.05) is 0 Å². The summed E-state index contributed by atoms with van der Waals surface area (Å²) >= 11 is 7.56. The fraction of sp³-hybridized carbons (Fsp3) is 0.189. The number of hydrogen-bond donors (Lipinski definition) is 0. The number of benzene rings is 4. The number of aryl methyl sites for hydroxylation is 2. The average molecular weight is 605 g/mol. The first-order chi connectivity index (χ1) is 20.0. The molecule has 0 aliphatic rings. The van der Waals surface area contributed by atoms with Gasteiger partial charge in [-0.2, -0.15) is 0 Å². The Kier molecular flexibility index (Phi) is 7.20. The van der Waals surface area contributed by atoms with Crippen molar-refractivity contribution in [3.63, 3.8) is 0 Å². The molecule has 0 saturated heterocycles. The van der Waals surface area contributed by atoms with E-state index < -0.39 is 0 Å². The third-order valence-corrected chi connectivity index (χ3v) is 12.5. The SMILES string of the molecule is CCCCC.Cc1ccc(-c2cc3c(ccc4c3ccc3c5ccc6sc(-c7ccc(C)s7)cc6c5ccc43)s2)s1. The van der Waals surface area contributed by atoms with Crippen LogP contribution in [0.3, 0.4) is 0 Å². The highest BCUT2D eigenvalue weighted by Gasteiger charge is 2.14. The van der Waals surface area contributed by atoms with E-state index in [1.165, 1.54) is 101 Å². The molecule has 0 saturated carbocycles. The molecule has 0 aliphatic carbocycles. The first-order valence-electron chi connectivity index (χ1n) is 14.4. The van der Waals surface area contributed by atoms with E-state index in [-0.39, 0.29) is 0 Å². The molecular weight excluding hydrogens is 573 g/mol. The molecule has 4 aromatic heterocycles. The van der Waals surface area contributed by atoms with Crippen molar-refractivity contribution in [2.24, 2.45) is 0 Å². The molecule has 0 fully saturated rings. The second kappa shape index (κ2) is 11.0. The minimum atomic E-state index is 1.34. The summed E-state index contributed by atoms with van der Waals surface area (Å²) in [5.74, 6) is 0. The first kappa shape index (κ1) is 26.9. The fourth-order valence-electron chi connectivity index (χ4n) is 5.81. The molecule has 0 bridgehead atoms. The van der Waals surface area contributed by atoms with Crippen LogP contribution >= 0.6 is 45.3 Å². The summed E-state index contributed by atoms with van der Waals surface area (Å²) in [6, 6.07) is 32.4. The molecule has 4 heterocycles. The summed E-state index contributed by atoms with van der Waals surface area (Å²) in [6.45, 7) is 8.79. The van der Waals surface area contributed by atoms with Gasteiger partial charge in [0.2, 0.25) is 0 Å². The Balaban J connectivity index is 0.000000512. The van der Waals surface area contributed by atoms with Gasteiger partial charge in [0, 0.05) is 49.4 Å². The highest BCUT2D eigenvalue weighted by Crippen LogP contribution is 2.44. The van der Waals surface area contributed by atoms with Crippen LogP contribution in [0.2, 0.25) is 0 Å². The highest BCUT2D eigenvalue weighted by molar-refractivity contribution is 7.26. The van der Waals surface area contributed by atoms with Crippen LogP contribution in [0, 0.1) is 13.8 Å². The third-order valence-electron chi connectivity index (χ3n) is 7.86.